The van der Waals surface area contributed by atoms with Gasteiger partial charge in [-0.1, -0.05) is 42.8 Å². The molecule has 1 unspecified atom stereocenters. The second kappa shape index (κ2) is 6.52. The molecule has 1 aromatic carbocycles. The van der Waals surface area contributed by atoms with Crippen LogP contribution in [0.5, 0.6) is 0 Å². The Morgan fingerprint density at radius 3 is 2.36 bits per heavy atom. The fraction of sp³-hybridized carbons (Fsp3) is 0.471. The Morgan fingerprint density at radius 2 is 1.95 bits per heavy atom. The molecule has 0 aliphatic heterocycles. The van der Waals surface area contributed by atoms with Gasteiger partial charge in [-0.3, -0.25) is 4.79 Å². The van der Waals surface area contributed by atoms with Gasteiger partial charge in [0.05, 0.1) is 11.5 Å². The number of rotatable bonds is 5. The Kier molecular flexibility index (Phi) is 5.10. The van der Waals surface area contributed by atoms with Gasteiger partial charge in [0.25, 0.3) is 0 Å². The van der Waals surface area contributed by atoms with E-state index in [4.69, 9.17) is 0 Å². The quantitative estimate of drug-likeness (QED) is 0.425. The second-order valence-electron chi connectivity index (χ2n) is 5.83. The highest BCUT2D eigenvalue weighted by molar-refractivity contribution is 9.10. The molecule has 1 fully saturated rings. The van der Waals surface area contributed by atoms with E-state index in [2.05, 4.69) is 21.2 Å². The Morgan fingerprint density at radius 1 is 1.36 bits per heavy atom. The first-order valence-corrected chi connectivity index (χ1v) is 8.27. The van der Waals surface area contributed by atoms with Crippen molar-refractivity contribution in [1.82, 2.24) is 5.32 Å². The Balaban J connectivity index is 2.19. The normalized spacial score (nSPS) is 19.2. The van der Waals surface area contributed by atoms with Crippen LogP contribution in [-0.4, -0.2) is 20.8 Å². The zero-order chi connectivity index (χ0) is 16.4. The molecule has 120 valence electrons. The maximum Gasteiger partial charge on any atom is 0.245 e. The van der Waals surface area contributed by atoms with Crippen molar-refractivity contribution < 1.29 is 15.0 Å². The number of alkyl halides is 1. The van der Waals surface area contributed by atoms with Gasteiger partial charge >= 0.3 is 0 Å². The summed E-state index contributed by atoms with van der Waals surface area (Å²) in [6.45, 7) is 3.64. The highest BCUT2D eigenvalue weighted by Gasteiger charge is 2.52. The summed E-state index contributed by atoms with van der Waals surface area (Å²) in [5.74, 6) is -0.157. The van der Waals surface area contributed by atoms with Gasteiger partial charge in [0.2, 0.25) is 10.6 Å². The molecule has 0 saturated heterocycles. The summed E-state index contributed by atoms with van der Waals surface area (Å²) in [5, 5.41) is 22.8. The van der Waals surface area contributed by atoms with E-state index in [1.54, 1.807) is 13.0 Å². The van der Waals surface area contributed by atoms with Crippen LogP contribution in [0.4, 0.5) is 0 Å². The van der Waals surface area contributed by atoms with E-state index in [9.17, 15) is 15.0 Å². The number of carbonyl (C=O) groups excluding carboxylic acids is 1. The monoisotopic (exact) mass is 367 g/mol. The Bertz CT molecular complexity index is 559. The predicted molar refractivity (Wildman–Crippen MR) is 89.1 cm³/mol. The highest BCUT2D eigenvalue weighted by Crippen LogP contribution is 2.51. The molecule has 0 radical (unpaired) electrons. The lowest BCUT2D eigenvalue weighted by atomic mass is 9.62. The Hall–Kier alpha value is -1.17. The first-order chi connectivity index (χ1) is 10.3. The van der Waals surface area contributed by atoms with Gasteiger partial charge in [-0.2, -0.15) is 0 Å². The molecule has 1 atom stereocenters. The SMILES string of the molecule is CC=C(C(O)(O)Br)C1(C(=O)NC(C)c2ccccc2)CCC1. The number of carbonyl (C=O) groups is 1. The zero-order valence-electron chi connectivity index (χ0n) is 12.8. The number of halogens is 1. The van der Waals surface area contributed by atoms with Gasteiger partial charge in [-0.25, -0.2) is 0 Å². The molecule has 0 spiro atoms. The molecular formula is C17H22BrNO3. The largest absolute Gasteiger partial charge is 0.353 e. The number of hydrogen-bond donors (Lipinski definition) is 3. The maximum absolute atomic E-state index is 12.8. The van der Waals surface area contributed by atoms with Gasteiger partial charge in [0.1, 0.15) is 0 Å². The van der Waals surface area contributed by atoms with Gasteiger partial charge in [0.15, 0.2) is 0 Å². The number of allylic oxidation sites excluding steroid dienone is 1. The Labute approximate surface area is 139 Å². The van der Waals surface area contributed by atoms with Gasteiger partial charge in [-0.15, -0.1) is 0 Å². The summed E-state index contributed by atoms with van der Waals surface area (Å²) in [5.41, 5.74) is 0.486. The third-order valence-corrected chi connectivity index (χ3v) is 4.86. The molecule has 0 aromatic heterocycles. The van der Waals surface area contributed by atoms with Crippen LogP contribution in [-0.2, 0) is 4.79 Å². The standard InChI is InChI=1S/C17H22BrNO3/c1-3-14(17(18,21)22)16(10-7-11-16)15(20)19-12(2)13-8-5-4-6-9-13/h3-6,8-9,12,21-22H,7,10-11H2,1-2H3,(H,19,20). The van der Waals surface area contributed by atoms with Crippen LogP contribution in [0.1, 0.15) is 44.7 Å². The van der Waals surface area contributed by atoms with E-state index < -0.39 is 10.1 Å². The topological polar surface area (TPSA) is 69.6 Å². The van der Waals surface area contributed by atoms with Crippen molar-refractivity contribution in [3.8, 4) is 0 Å². The van der Waals surface area contributed by atoms with E-state index in [1.807, 2.05) is 37.3 Å². The van der Waals surface area contributed by atoms with E-state index in [-0.39, 0.29) is 11.9 Å². The summed E-state index contributed by atoms with van der Waals surface area (Å²) in [6.07, 6.45) is 3.75. The smallest absolute Gasteiger partial charge is 0.245 e. The van der Waals surface area contributed by atoms with E-state index in [0.717, 1.165) is 12.0 Å². The van der Waals surface area contributed by atoms with Crippen molar-refractivity contribution in [2.75, 3.05) is 0 Å². The number of hydrogen-bond acceptors (Lipinski definition) is 3. The average molecular weight is 368 g/mol. The van der Waals surface area contributed by atoms with Gasteiger partial charge in [-0.05, 0) is 48.2 Å². The maximum atomic E-state index is 12.8. The molecular weight excluding hydrogens is 346 g/mol. The molecule has 1 aliphatic rings. The molecule has 0 heterocycles. The fourth-order valence-corrected chi connectivity index (χ4v) is 3.68. The second-order valence-corrected chi connectivity index (χ2v) is 6.94. The van der Waals surface area contributed by atoms with Crippen molar-refractivity contribution in [2.45, 2.75) is 43.8 Å². The summed E-state index contributed by atoms with van der Waals surface area (Å²) >= 11 is 2.86. The third-order valence-electron chi connectivity index (χ3n) is 4.44. The molecule has 22 heavy (non-hydrogen) atoms. The fourth-order valence-electron chi connectivity index (χ4n) is 3.07. The van der Waals surface area contributed by atoms with Crippen LogP contribution in [0.25, 0.3) is 0 Å². The van der Waals surface area contributed by atoms with Gasteiger partial charge in [0, 0.05) is 5.57 Å². The minimum Gasteiger partial charge on any atom is -0.353 e. The van der Waals surface area contributed by atoms with Crippen LogP contribution >= 0.6 is 15.9 Å². The summed E-state index contributed by atoms with van der Waals surface area (Å²) in [6, 6.07) is 9.58. The van der Waals surface area contributed by atoms with Crippen LogP contribution in [0, 0.1) is 5.41 Å². The zero-order valence-corrected chi connectivity index (χ0v) is 14.4. The molecule has 0 bridgehead atoms. The lowest BCUT2D eigenvalue weighted by molar-refractivity contribution is -0.138. The number of aliphatic hydroxyl groups is 2. The van der Waals surface area contributed by atoms with E-state index >= 15 is 0 Å². The lowest BCUT2D eigenvalue weighted by Crippen LogP contribution is -2.51. The number of amides is 1. The van der Waals surface area contributed by atoms with Crippen LogP contribution in [0.15, 0.2) is 42.0 Å². The van der Waals surface area contributed by atoms with Crippen molar-refractivity contribution in [2.24, 2.45) is 5.41 Å². The van der Waals surface area contributed by atoms with Crippen molar-refractivity contribution >= 4 is 21.8 Å². The average Bonchev–Trinajstić information content (AvgIpc) is 2.41. The van der Waals surface area contributed by atoms with Crippen molar-refractivity contribution in [3.63, 3.8) is 0 Å². The summed E-state index contributed by atoms with van der Waals surface area (Å²) in [4.78, 5) is 12.8. The van der Waals surface area contributed by atoms with Crippen molar-refractivity contribution in [1.29, 1.82) is 0 Å². The molecule has 3 N–H and O–H groups in total. The van der Waals surface area contributed by atoms with Crippen LogP contribution in [0.3, 0.4) is 0 Å². The van der Waals surface area contributed by atoms with E-state index in [1.165, 1.54) is 0 Å². The molecule has 1 amide bonds. The first-order valence-electron chi connectivity index (χ1n) is 7.48. The summed E-state index contributed by atoms with van der Waals surface area (Å²) in [7, 11) is 0. The molecule has 5 heteroatoms. The minimum atomic E-state index is -2.16. The summed E-state index contributed by atoms with van der Waals surface area (Å²) < 4.78 is -2.16. The molecule has 1 aliphatic carbocycles. The minimum absolute atomic E-state index is 0.133. The molecule has 4 nitrogen and oxygen atoms in total. The molecule has 1 aromatic rings. The van der Waals surface area contributed by atoms with Gasteiger partial charge < -0.3 is 15.5 Å². The first kappa shape index (κ1) is 17.2. The van der Waals surface area contributed by atoms with E-state index in [0.29, 0.717) is 18.4 Å². The molecule has 1 saturated carbocycles. The van der Waals surface area contributed by atoms with Crippen LogP contribution < -0.4 is 5.32 Å². The third kappa shape index (κ3) is 3.26. The number of nitrogens with one attached hydrogen (secondary N) is 1. The highest BCUT2D eigenvalue weighted by atomic mass is 79.9. The molecule has 2 rings (SSSR count). The van der Waals surface area contributed by atoms with Crippen LogP contribution in [0.2, 0.25) is 0 Å². The van der Waals surface area contributed by atoms with Crippen molar-refractivity contribution in [3.05, 3.63) is 47.5 Å². The lowest BCUT2D eigenvalue weighted by Gasteiger charge is -2.45. The predicted octanol–water partition coefficient (Wildman–Crippen LogP) is 3.01. The number of benzene rings is 1.